The maximum absolute atomic E-state index is 10.4. The van der Waals surface area contributed by atoms with Crippen molar-refractivity contribution in [1.29, 1.82) is 0 Å². The largest absolute Gasteiger partial charge is 0.726 e. The third-order valence-electron chi connectivity index (χ3n) is 3.00. The highest BCUT2D eigenvalue weighted by atomic mass is 32.3. The van der Waals surface area contributed by atoms with E-state index in [0.29, 0.717) is 0 Å². The molecule has 6 atom stereocenters. The Bertz CT molecular complexity index is 400. The van der Waals surface area contributed by atoms with Gasteiger partial charge in [-0.2, -0.15) is 0 Å². The molecule has 11 heteroatoms. The first kappa shape index (κ1) is 18.1. The zero-order chi connectivity index (χ0) is 15.5. The van der Waals surface area contributed by atoms with Crippen molar-refractivity contribution < 1.29 is 42.7 Å². The van der Waals surface area contributed by atoms with Crippen LogP contribution in [0.1, 0.15) is 0 Å². The van der Waals surface area contributed by atoms with Gasteiger partial charge in [0.25, 0.3) is 0 Å². The quantitative estimate of drug-likeness (QED) is 0.176. The van der Waals surface area contributed by atoms with Gasteiger partial charge in [-0.3, -0.25) is 4.18 Å². The van der Waals surface area contributed by atoms with E-state index in [1.807, 2.05) is 0 Å². The third kappa shape index (κ3) is 4.79. The van der Waals surface area contributed by atoms with Crippen LogP contribution in [0.15, 0.2) is 0 Å². The van der Waals surface area contributed by atoms with Crippen LogP contribution < -0.4 is 0 Å². The molecule has 0 aromatic carbocycles. The molecular weight excluding hydrogens is 316 g/mol. The zero-order valence-corrected chi connectivity index (χ0v) is 12.0. The molecule has 0 radical (unpaired) electrons. The van der Waals surface area contributed by atoms with E-state index in [4.69, 9.17) is 10.2 Å². The molecule has 120 valence electrons. The standard InChI is InChI=1S/C9H18O9S2/c10-1-7(18-20(15,16)17)5(12)3-19-4-6(13)9(14)8(19)2-11/h5-14H,1-4H2/t5-,6-,7+,8-,9-,19?/m1/s1. The van der Waals surface area contributed by atoms with Gasteiger partial charge in [0.1, 0.15) is 35.9 Å². The fourth-order valence-corrected chi connectivity index (χ4v) is 5.18. The normalized spacial score (nSPS) is 34.1. The van der Waals surface area contributed by atoms with Crippen molar-refractivity contribution in [1.82, 2.24) is 0 Å². The Hall–Kier alpha value is 0.0200. The summed E-state index contributed by atoms with van der Waals surface area (Å²) in [7, 11) is -5.86. The summed E-state index contributed by atoms with van der Waals surface area (Å²) >= 11 is 0. The second-order valence-corrected chi connectivity index (χ2v) is 7.80. The molecular formula is C9H18O9S2. The van der Waals surface area contributed by atoms with Crippen LogP contribution in [0.2, 0.25) is 0 Å². The third-order valence-corrected chi connectivity index (χ3v) is 6.31. The second-order valence-electron chi connectivity index (χ2n) is 4.44. The van der Waals surface area contributed by atoms with Crippen LogP contribution in [0.25, 0.3) is 0 Å². The van der Waals surface area contributed by atoms with Crippen LogP contribution in [0, 0.1) is 0 Å². The van der Waals surface area contributed by atoms with Crippen molar-refractivity contribution in [2.75, 3.05) is 24.7 Å². The van der Waals surface area contributed by atoms with Crippen molar-refractivity contribution in [3.05, 3.63) is 0 Å². The van der Waals surface area contributed by atoms with Crippen molar-refractivity contribution in [2.45, 2.75) is 29.7 Å². The first-order valence-corrected chi connectivity index (χ1v) is 8.71. The average Bonchev–Trinajstić information content (AvgIpc) is 2.60. The van der Waals surface area contributed by atoms with Crippen LogP contribution >= 0.6 is 0 Å². The highest BCUT2D eigenvalue weighted by Crippen LogP contribution is 2.25. The summed E-state index contributed by atoms with van der Waals surface area (Å²) < 4.78 is 35.4. The first-order chi connectivity index (χ1) is 9.19. The number of hydrogen-bond donors (Lipinski definition) is 5. The Morgan fingerprint density at radius 3 is 2.40 bits per heavy atom. The van der Waals surface area contributed by atoms with Gasteiger partial charge < -0.3 is 30.1 Å². The molecule has 0 aliphatic carbocycles. The number of aliphatic hydroxyl groups is 5. The predicted octanol–water partition coefficient (Wildman–Crippen LogP) is -4.10. The fraction of sp³-hybridized carbons (Fsp3) is 1.00. The Morgan fingerprint density at radius 1 is 1.35 bits per heavy atom. The molecule has 1 rings (SSSR count). The van der Waals surface area contributed by atoms with Crippen LogP contribution in [-0.4, -0.2) is 92.9 Å². The summed E-state index contributed by atoms with van der Waals surface area (Å²) in [6, 6.07) is 0. The minimum absolute atomic E-state index is 0.111. The molecule has 1 aliphatic rings. The molecule has 1 heterocycles. The van der Waals surface area contributed by atoms with E-state index in [-0.39, 0.29) is 11.5 Å². The highest BCUT2D eigenvalue weighted by Gasteiger charge is 2.50. The lowest BCUT2D eigenvalue weighted by Crippen LogP contribution is -2.42. The maximum atomic E-state index is 10.4. The van der Waals surface area contributed by atoms with Gasteiger partial charge in [0.2, 0.25) is 10.4 Å². The maximum Gasteiger partial charge on any atom is 0.218 e. The van der Waals surface area contributed by atoms with Crippen molar-refractivity contribution >= 4 is 21.3 Å². The SMILES string of the molecule is O=S(=O)([O-])O[C@@H](CO)[C@H](O)C[S+]1C[C@@H](O)[C@@H](O)[C@H]1CO. The summed E-state index contributed by atoms with van der Waals surface area (Å²) in [5, 5.41) is 46.3. The zero-order valence-electron chi connectivity index (χ0n) is 10.4. The lowest BCUT2D eigenvalue weighted by Gasteiger charge is -2.22. The second kappa shape index (κ2) is 7.33. The summed E-state index contributed by atoms with van der Waals surface area (Å²) in [5.41, 5.74) is 0. The lowest BCUT2D eigenvalue weighted by molar-refractivity contribution is 0.0105. The van der Waals surface area contributed by atoms with Gasteiger partial charge in [0, 0.05) is 10.9 Å². The first-order valence-electron chi connectivity index (χ1n) is 5.76. The van der Waals surface area contributed by atoms with E-state index in [1.54, 1.807) is 0 Å². The number of rotatable bonds is 7. The molecule has 20 heavy (non-hydrogen) atoms. The van der Waals surface area contributed by atoms with Crippen molar-refractivity contribution in [2.24, 2.45) is 0 Å². The molecule has 9 nitrogen and oxygen atoms in total. The molecule has 0 saturated carbocycles. The summed E-state index contributed by atoms with van der Waals surface area (Å²) in [6.45, 7) is -1.28. The van der Waals surface area contributed by atoms with Gasteiger partial charge in [-0.1, -0.05) is 0 Å². The van der Waals surface area contributed by atoms with Crippen LogP contribution in [-0.2, 0) is 25.5 Å². The van der Waals surface area contributed by atoms with Crippen molar-refractivity contribution in [3.8, 4) is 0 Å². The topological polar surface area (TPSA) is 168 Å². The number of hydrogen-bond acceptors (Lipinski definition) is 9. The van der Waals surface area contributed by atoms with E-state index >= 15 is 0 Å². The van der Waals surface area contributed by atoms with Gasteiger partial charge in [0.15, 0.2) is 5.25 Å². The lowest BCUT2D eigenvalue weighted by atomic mass is 10.2. The number of aliphatic hydroxyl groups excluding tert-OH is 5. The van der Waals surface area contributed by atoms with Gasteiger partial charge in [-0.05, 0) is 0 Å². The van der Waals surface area contributed by atoms with Crippen molar-refractivity contribution in [3.63, 3.8) is 0 Å². The molecule has 0 amide bonds. The van der Waals surface area contributed by atoms with Crippen LogP contribution in [0.3, 0.4) is 0 Å². The molecule has 1 unspecified atom stereocenters. The molecule has 0 aromatic rings. The average molecular weight is 334 g/mol. The molecule has 1 fully saturated rings. The van der Waals surface area contributed by atoms with Crippen LogP contribution in [0.4, 0.5) is 0 Å². The molecule has 0 aromatic heterocycles. The molecule has 1 saturated heterocycles. The Labute approximate surface area is 119 Å². The van der Waals surface area contributed by atoms with Crippen LogP contribution in [0.5, 0.6) is 0 Å². The van der Waals surface area contributed by atoms with E-state index in [1.165, 1.54) is 0 Å². The Kier molecular flexibility index (Phi) is 6.63. The van der Waals surface area contributed by atoms with E-state index in [9.17, 15) is 28.3 Å². The Balaban J connectivity index is 2.66. The van der Waals surface area contributed by atoms with E-state index in [0.717, 1.165) is 0 Å². The van der Waals surface area contributed by atoms with E-state index in [2.05, 4.69) is 4.18 Å². The monoisotopic (exact) mass is 334 g/mol. The fourth-order valence-electron chi connectivity index (χ4n) is 1.99. The van der Waals surface area contributed by atoms with E-state index < -0.39 is 64.2 Å². The summed E-state index contributed by atoms with van der Waals surface area (Å²) in [5.74, 6) is 0.0197. The Morgan fingerprint density at radius 2 is 1.95 bits per heavy atom. The van der Waals surface area contributed by atoms with Gasteiger partial charge in [-0.15, -0.1) is 0 Å². The predicted molar refractivity (Wildman–Crippen MR) is 67.6 cm³/mol. The highest BCUT2D eigenvalue weighted by molar-refractivity contribution is 7.97. The van der Waals surface area contributed by atoms with Gasteiger partial charge >= 0.3 is 0 Å². The minimum atomic E-state index is -5.07. The summed E-state index contributed by atoms with van der Waals surface area (Å²) in [4.78, 5) is 0. The minimum Gasteiger partial charge on any atom is -0.726 e. The summed E-state index contributed by atoms with van der Waals surface area (Å²) in [6.07, 6.45) is -5.26. The smallest absolute Gasteiger partial charge is 0.218 e. The molecule has 0 spiro atoms. The van der Waals surface area contributed by atoms with Gasteiger partial charge in [0.05, 0.1) is 13.2 Å². The molecule has 5 N–H and O–H groups in total. The molecule has 0 bridgehead atoms. The molecule has 1 aliphatic heterocycles. The van der Waals surface area contributed by atoms with Gasteiger partial charge in [-0.25, -0.2) is 8.42 Å².